The van der Waals surface area contributed by atoms with Gasteiger partial charge in [-0.2, -0.15) is 4.31 Å². The topological polar surface area (TPSA) is 104 Å². The van der Waals surface area contributed by atoms with E-state index < -0.39 is 22.6 Å². The van der Waals surface area contributed by atoms with Crippen LogP contribution in [0.15, 0.2) is 59.5 Å². The van der Waals surface area contributed by atoms with Crippen LogP contribution in [-0.2, 0) is 21.3 Å². The molecule has 3 heterocycles. The highest BCUT2D eigenvalue weighted by Gasteiger charge is 2.28. The first-order chi connectivity index (χ1) is 18.2. The second kappa shape index (κ2) is 10.6. The first-order valence-corrected chi connectivity index (χ1v) is 14.0. The number of carbonyl (C=O) groups excluding carboxylic acids is 2. The predicted octanol–water partition coefficient (Wildman–Crippen LogP) is 3.77. The average molecular weight is 539 g/mol. The minimum Gasteiger partial charge on any atom is -0.486 e. The summed E-state index contributed by atoms with van der Waals surface area (Å²) >= 11 is 0. The molecule has 3 aromatic rings. The molecule has 1 fully saturated rings. The van der Waals surface area contributed by atoms with Gasteiger partial charge in [-0.25, -0.2) is 13.2 Å². The van der Waals surface area contributed by atoms with Crippen LogP contribution in [-0.4, -0.2) is 61.4 Å². The molecule has 2 aliphatic rings. The number of esters is 1. The van der Waals surface area contributed by atoms with Gasteiger partial charge in [0, 0.05) is 30.0 Å². The van der Waals surface area contributed by atoms with Crippen LogP contribution in [0.4, 0.5) is 0 Å². The maximum absolute atomic E-state index is 12.9. The summed E-state index contributed by atoms with van der Waals surface area (Å²) < 4.78 is 45.9. The number of ketones is 1. The highest BCUT2D eigenvalue weighted by Crippen LogP contribution is 2.31. The Morgan fingerprint density at radius 1 is 1.00 bits per heavy atom. The molecule has 1 saturated heterocycles. The van der Waals surface area contributed by atoms with Crippen LogP contribution >= 0.6 is 0 Å². The van der Waals surface area contributed by atoms with E-state index in [9.17, 15) is 18.0 Å². The number of aromatic nitrogens is 1. The molecule has 0 spiro atoms. The number of hydrogen-bond acceptors (Lipinski definition) is 7. The van der Waals surface area contributed by atoms with Crippen molar-refractivity contribution in [3.8, 4) is 11.5 Å². The number of nitrogens with zero attached hydrogens (tertiary/aromatic N) is 2. The summed E-state index contributed by atoms with van der Waals surface area (Å²) in [6, 6.07) is 14.9. The fraction of sp³-hybridized carbons (Fsp3) is 0.357. The van der Waals surface area contributed by atoms with E-state index >= 15 is 0 Å². The van der Waals surface area contributed by atoms with Gasteiger partial charge in [0.25, 0.3) is 0 Å². The van der Waals surface area contributed by atoms with E-state index in [0.717, 1.165) is 24.2 Å². The lowest BCUT2D eigenvalue weighted by Crippen LogP contribution is -2.33. The number of sulfonamides is 1. The second-order valence-electron chi connectivity index (χ2n) is 9.53. The van der Waals surface area contributed by atoms with E-state index in [0.29, 0.717) is 43.3 Å². The third kappa shape index (κ3) is 5.19. The van der Waals surface area contributed by atoms with Gasteiger partial charge in [-0.05, 0) is 69.2 Å². The summed E-state index contributed by atoms with van der Waals surface area (Å²) in [6.45, 7) is 5.24. The third-order valence-electron chi connectivity index (χ3n) is 6.95. The Morgan fingerprint density at radius 2 is 1.68 bits per heavy atom. The maximum Gasteiger partial charge on any atom is 0.338 e. The van der Waals surface area contributed by atoms with Gasteiger partial charge in [0.1, 0.15) is 6.61 Å². The molecule has 10 heteroatoms. The van der Waals surface area contributed by atoms with E-state index in [-0.39, 0.29) is 22.3 Å². The number of ether oxygens (including phenoxy) is 3. The minimum absolute atomic E-state index is 0.135. The lowest BCUT2D eigenvalue weighted by molar-refractivity contribution is 0.0474. The number of hydrogen-bond donors (Lipinski definition) is 0. The Morgan fingerprint density at radius 3 is 2.39 bits per heavy atom. The summed E-state index contributed by atoms with van der Waals surface area (Å²) in [6.07, 6.45) is 1.47. The van der Waals surface area contributed by atoms with Crippen LogP contribution < -0.4 is 9.47 Å². The molecule has 38 heavy (non-hydrogen) atoms. The van der Waals surface area contributed by atoms with E-state index in [1.807, 2.05) is 42.7 Å². The molecular formula is C28H30N2O7S. The number of benzene rings is 2. The van der Waals surface area contributed by atoms with Gasteiger partial charge in [0.05, 0.1) is 17.0 Å². The third-order valence-corrected chi connectivity index (χ3v) is 8.87. The molecule has 0 radical (unpaired) electrons. The maximum atomic E-state index is 12.9. The van der Waals surface area contributed by atoms with Crippen LogP contribution in [0.5, 0.6) is 11.5 Å². The molecule has 0 saturated carbocycles. The molecule has 0 bridgehead atoms. The normalized spacial score (nSPS) is 17.4. The smallest absolute Gasteiger partial charge is 0.338 e. The van der Waals surface area contributed by atoms with Crippen LogP contribution in [0.2, 0.25) is 0 Å². The number of Topliss-reactive ketones (excluding diaryl/α,β-unsaturated/α-hetero) is 1. The van der Waals surface area contributed by atoms with E-state index in [1.54, 1.807) is 6.07 Å². The van der Waals surface area contributed by atoms with Crippen molar-refractivity contribution in [2.45, 2.75) is 44.2 Å². The van der Waals surface area contributed by atoms with Gasteiger partial charge in [0.15, 0.2) is 24.2 Å². The van der Waals surface area contributed by atoms with Gasteiger partial charge >= 0.3 is 5.97 Å². The summed E-state index contributed by atoms with van der Waals surface area (Å²) in [5.41, 5.74) is 2.29. The summed E-state index contributed by atoms with van der Waals surface area (Å²) in [5, 5.41) is 0. The predicted molar refractivity (Wildman–Crippen MR) is 139 cm³/mol. The standard InChI is InChI=1S/C28H30N2O7S/c1-19-15-24(20(2)30(19)16-22-17-35-26-7-3-4-8-27(26)37-22)25(31)18-36-28(32)21-9-11-23(12-10-21)38(33,34)29-13-5-6-14-29/h3-4,7-12,15,22H,5-6,13-14,16-18H2,1-2H3/t22-/m1/s1. The lowest BCUT2D eigenvalue weighted by Gasteiger charge is -2.27. The molecule has 0 N–H and O–H groups in total. The summed E-state index contributed by atoms with van der Waals surface area (Å²) in [7, 11) is -3.57. The highest BCUT2D eigenvalue weighted by atomic mass is 32.2. The van der Waals surface area contributed by atoms with Crippen LogP contribution in [0, 0.1) is 13.8 Å². The van der Waals surface area contributed by atoms with E-state index in [1.165, 1.54) is 28.6 Å². The molecule has 9 nitrogen and oxygen atoms in total. The van der Waals surface area contributed by atoms with Crippen LogP contribution in [0.25, 0.3) is 0 Å². The Hall–Kier alpha value is -3.63. The average Bonchev–Trinajstić information content (AvgIpc) is 3.57. The Labute approximate surface area is 222 Å². The van der Waals surface area contributed by atoms with Crippen LogP contribution in [0.3, 0.4) is 0 Å². The Balaban J connectivity index is 1.20. The van der Waals surface area contributed by atoms with Crippen molar-refractivity contribution >= 4 is 21.8 Å². The van der Waals surface area contributed by atoms with Gasteiger partial charge in [-0.3, -0.25) is 4.79 Å². The second-order valence-corrected chi connectivity index (χ2v) is 11.5. The molecule has 200 valence electrons. The molecule has 5 rings (SSSR count). The zero-order valence-corrected chi connectivity index (χ0v) is 22.2. The quantitative estimate of drug-likeness (QED) is 0.318. The zero-order chi connectivity index (χ0) is 26.9. The van der Waals surface area contributed by atoms with Crippen molar-refractivity contribution in [3.05, 3.63) is 77.1 Å². The van der Waals surface area contributed by atoms with Gasteiger partial charge in [-0.1, -0.05) is 12.1 Å². The molecule has 0 unspecified atom stereocenters. The van der Waals surface area contributed by atoms with Gasteiger partial charge in [0.2, 0.25) is 15.8 Å². The van der Waals surface area contributed by atoms with Crippen molar-refractivity contribution in [3.63, 3.8) is 0 Å². The van der Waals surface area contributed by atoms with Crippen molar-refractivity contribution < 1.29 is 32.2 Å². The number of aryl methyl sites for hydroxylation is 1. The van der Waals surface area contributed by atoms with E-state index in [4.69, 9.17) is 14.2 Å². The largest absolute Gasteiger partial charge is 0.486 e. The Kier molecular flexibility index (Phi) is 7.27. The molecular weight excluding hydrogens is 508 g/mol. The lowest BCUT2D eigenvalue weighted by atomic mass is 10.1. The van der Waals surface area contributed by atoms with Crippen molar-refractivity contribution in [1.82, 2.24) is 8.87 Å². The monoisotopic (exact) mass is 538 g/mol. The first-order valence-electron chi connectivity index (χ1n) is 12.6. The van der Waals surface area contributed by atoms with Crippen molar-refractivity contribution in [1.29, 1.82) is 0 Å². The van der Waals surface area contributed by atoms with Gasteiger partial charge < -0.3 is 18.8 Å². The summed E-state index contributed by atoms with van der Waals surface area (Å²) in [4.78, 5) is 25.6. The summed E-state index contributed by atoms with van der Waals surface area (Å²) in [5.74, 6) is 0.391. The number of rotatable bonds is 8. The zero-order valence-electron chi connectivity index (χ0n) is 21.4. The van der Waals surface area contributed by atoms with Gasteiger partial charge in [-0.15, -0.1) is 0 Å². The van der Waals surface area contributed by atoms with Crippen molar-refractivity contribution in [2.24, 2.45) is 0 Å². The van der Waals surface area contributed by atoms with Crippen LogP contribution in [0.1, 0.15) is 44.9 Å². The first kappa shape index (κ1) is 26.0. The molecule has 2 aromatic carbocycles. The number of para-hydroxylation sites is 2. The fourth-order valence-corrected chi connectivity index (χ4v) is 6.37. The molecule has 2 aliphatic heterocycles. The number of carbonyl (C=O) groups is 2. The highest BCUT2D eigenvalue weighted by molar-refractivity contribution is 7.89. The SMILES string of the molecule is Cc1cc(C(=O)COC(=O)c2ccc(S(=O)(=O)N3CCCC3)cc2)c(C)n1C[C@@H]1COc2ccccc2O1. The molecule has 1 aromatic heterocycles. The minimum atomic E-state index is -3.57. The molecule has 0 aliphatic carbocycles. The van der Waals surface area contributed by atoms with E-state index in [2.05, 4.69) is 0 Å². The fourth-order valence-electron chi connectivity index (χ4n) is 4.85. The molecule has 0 amide bonds. The molecule has 1 atom stereocenters. The van der Waals surface area contributed by atoms with Crippen molar-refractivity contribution in [2.75, 3.05) is 26.3 Å². The Bertz CT molecular complexity index is 1450. The number of fused-ring (bicyclic) bond motifs is 1.